The van der Waals surface area contributed by atoms with E-state index >= 15 is 0 Å². The van der Waals surface area contributed by atoms with E-state index < -0.39 is 23.6 Å². The minimum atomic E-state index is -4.51. The largest absolute Gasteiger partial charge is 0.417 e. The topological polar surface area (TPSA) is 61.8 Å². The van der Waals surface area contributed by atoms with Crippen molar-refractivity contribution in [1.29, 1.82) is 0 Å². The first-order chi connectivity index (χ1) is 12.9. The molecule has 0 bridgehead atoms. The predicted octanol–water partition coefficient (Wildman–Crippen LogP) is 3.21. The molecule has 1 aliphatic rings. The summed E-state index contributed by atoms with van der Waals surface area (Å²) in [6.45, 7) is 0.198. The number of amides is 2. The van der Waals surface area contributed by atoms with E-state index in [0.717, 1.165) is 12.3 Å². The zero-order chi connectivity index (χ0) is 19.4. The average molecular weight is 375 g/mol. The number of hydrazone groups is 1. The Kier molecular flexibility index (Phi) is 5.25. The Hall–Kier alpha value is -3.16. The highest BCUT2D eigenvalue weighted by Crippen LogP contribution is 2.31. The highest BCUT2D eigenvalue weighted by molar-refractivity contribution is 6.00. The lowest BCUT2D eigenvalue weighted by molar-refractivity contribution is -0.137. The first kappa shape index (κ1) is 18.6. The number of hydrogen-bond donors (Lipinski definition) is 1. The van der Waals surface area contributed by atoms with Crippen molar-refractivity contribution in [3.8, 4) is 0 Å². The van der Waals surface area contributed by atoms with E-state index in [2.05, 4.69) is 10.5 Å². The molecule has 140 valence electrons. The van der Waals surface area contributed by atoms with Crippen LogP contribution in [0.1, 0.15) is 17.5 Å². The van der Waals surface area contributed by atoms with Crippen LogP contribution in [0.15, 0.2) is 59.7 Å². The fourth-order valence-electron chi connectivity index (χ4n) is 2.87. The standard InChI is InChI=1S/C19H16F3N3O2/c20-19(21,22)16-9-5-4-6-13(16)11-23-24-18(27)14-10-17(26)25(12-14)15-7-2-1-3-8-15/h1-9,11,14H,10,12H2,(H,24,27)/b23-11-/t14-/m0/s1. The van der Waals surface area contributed by atoms with Crippen LogP contribution >= 0.6 is 0 Å². The van der Waals surface area contributed by atoms with Crippen LogP contribution in [-0.4, -0.2) is 24.6 Å². The highest BCUT2D eigenvalue weighted by Gasteiger charge is 2.35. The molecular formula is C19H16F3N3O2. The maximum absolute atomic E-state index is 12.9. The van der Waals surface area contributed by atoms with Crippen molar-refractivity contribution in [2.75, 3.05) is 11.4 Å². The molecule has 27 heavy (non-hydrogen) atoms. The molecule has 2 aromatic rings. The van der Waals surface area contributed by atoms with E-state index in [1.54, 1.807) is 24.3 Å². The van der Waals surface area contributed by atoms with Gasteiger partial charge in [-0.15, -0.1) is 0 Å². The SMILES string of the molecule is O=C(N/N=C\c1ccccc1C(F)(F)F)[C@H]1CC(=O)N(c2ccccc2)C1. The van der Waals surface area contributed by atoms with E-state index in [1.807, 2.05) is 6.07 Å². The van der Waals surface area contributed by atoms with Gasteiger partial charge >= 0.3 is 6.18 Å². The van der Waals surface area contributed by atoms with Gasteiger partial charge in [-0.3, -0.25) is 9.59 Å². The van der Waals surface area contributed by atoms with Gasteiger partial charge in [0.2, 0.25) is 11.8 Å². The molecule has 2 amide bonds. The maximum Gasteiger partial charge on any atom is 0.417 e. The van der Waals surface area contributed by atoms with Gasteiger partial charge in [-0.05, 0) is 18.2 Å². The molecule has 1 heterocycles. The Labute approximate surface area is 153 Å². The number of alkyl halides is 3. The zero-order valence-corrected chi connectivity index (χ0v) is 14.1. The molecule has 1 atom stereocenters. The number of halogens is 3. The van der Waals surface area contributed by atoms with Crippen molar-refractivity contribution in [1.82, 2.24) is 5.43 Å². The van der Waals surface area contributed by atoms with Gasteiger partial charge in [-0.25, -0.2) is 5.43 Å². The molecule has 0 radical (unpaired) electrons. The molecule has 1 fully saturated rings. The van der Waals surface area contributed by atoms with Crippen molar-refractivity contribution >= 4 is 23.7 Å². The van der Waals surface area contributed by atoms with Crippen molar-refractivity contribution in [3.63, 3.8) is 0 Å². The number of para-hydroxylation sites is 1. The number of carbonyl (C=O) groups excluding carboxylic acids is 2. The van der Waals surface area contributed by atoms with Gasteiger partial charge in [0.25, 0.3) is 0 Å². The number of carbonyl (C=O) groups is 2. The third-order valence-electron chi connectivity index (χ3n) is 4.21. The van der Waals surface area contributed by atoms with E-state index in [4.69, 9.17) is 0 Å². The van der Waals surface area contributed by atoms with Crippen LogP contribution < -0.4 is 10.3 Å². The second-order valence-electron chi connectivity index (χ2n) is 6.06. The Morgan fingerprint density at radius 3 is 2.48 bits per heavy atom. The van der Waals surface area contributed by atoms with Crippen molar-refractivity contribution in [3.05, 3.63) is 65.7 Å². The first-order valence-corrected chi connectivity index (χ1v) is 8.21. The molecule has 1 N–H and O–H groups in total. The van der Waals surface area contributed by atoms with Crippen LogP contribution in [0, 0.1) is 5.92 Å². The predicted molar refractivity (Wildman–Crippen MR) is 94.1 cm³/mol. The second kappa shape index (κ2) is 7.61. The van der Waals surface area contributed by atoms with Crippen LogP contribution in [0.3, 0.4) is 0 Å². The van der Waals surface area contributed by atoms with E-state index in [1.165, 1.54) is 23.1 Å². The number of nitrogens with one attached hydrogen (secondary N) is 1. The summed E-state index contributed by atoms with van der Waals surface area (Å²) in [5.41, 5.74) is 1.93. The van der Waals surface area contributed by atoms with Gasteiger partial charge < -0.3 is 4.90 Å². The maximum atomic E-state index is 12.9. The van der Waals surface area contributed by atoms with Gasteiger partial charge in [0.05, 0.1) is 17.7 Å². The Balaban J connectivity index is 1.64. The molecule has 3 rings (SSSR count). The van der Waals surface area contributed by atoms with Gasteiger partial charge in [0, 0.05) is 24.2 Å². The molecule has 5 nitrogen and oxygen atoms in total. The molecule has 8 heteroatoms. The molecule has 0 unspecified atom stereocenters. The fraction of sp³-hybridized carbons (Fsp3) is 0.211. The molecule has 0 spiro atoms. The van der Waals surface area contributed by atoms with E-state index in [-0.39, 0.29) is 24.4 Å². The van der Waals surface area contributed by atoms with Crippen LogP contribution in [0.25, 0.3) is 0 Å². The van der Waals surface area contributed by atoms with E-state index in [0.29, 0.717) is 5.69 Å². The summed E-state index contributed by atoms with van der Waals surface area (Å²) < 4.78 is 38.8. The molecule has 1 aliphatic heterocycles. The van der Waals surface area contributed by atoms with E-state index in [9.17, 15) is 22.8 Å². The monoisotopic (exact) mass is 375 g/mol. The summed E-state index contributed by atoms with van der Waals surface area (Å²) in [6.07, 6.45) is -3.54. The van der Waals surface area contributed by atoms with Crippen LogP contribution in [0.2, 0.25) is 0 Å². The van der Waals surface area contributed by atoms with Gasteiger partial charge in [-0.2, -0.15) is 18.3 Å². The number of anilines is 1. The van der Waals surface area contributed by atoms with Gasteiger partial charge in [0.15, 0.2) is 0 Å². The molecule has 1 saturated heterocycles. The zero-order valence-electron chi connectivity index (χ0n) is 14.1. The summed E-state index contributed by atoms with van der Waals surface area (Å²) in [4.78, 5) is 25.8. The number of rotatable bonds is 4. The first-order valence-electron chi connectivity index (χ1n) is 8.21. The summed E-state index contributed by atoms with van der Waals surface area (Å²) in [5, 5.41) is 3.63. The number of hydrogen-bond acceptors (Lipinski definition) is 3. The van der Waals surface area contributed by atoms with Crippen molar-refractivity contribution in [2.24, 2.45) is 11.0 Å². The van der Waals surface area contributed by atoms with Crippen molar-refractivity contribution < 1.29 is 22.8 Å². The van der Waals surface area contributed by atoms with Gasteiger partial charge in [0.1, 0.15) is 0 Å². The summed E-state index contributed by atoms with van der Waals surface area (Å²) in [7, 11) is 0. The highest BCUT2D eigenvalue weighted by atomic mass is 19.4. The minimum Gasteiger partial charge on any atom is -0.312 e. The molecule has 0 aromatic heterocycles. The Morgan fingerprint density at radius 2 is 1.78 bits per heavy atom. The quantitative estimate of drug-likeness (QED) is 0.659. The van der Waals surface area contributed by atoms with Gasteiger partial charge in [-0.1, -0.05) is 36.4 Å². The number of benzene rings is 2. The lowest BCUT2D eigenvalue weighted by Crippen LogP contribution is -2.30. The van der Waals surface area contributed by atoms with Crippen LogP contribution in [0.5, 0.6) is 0 Å². The summed E-state index contributed by atoms with van der Waals surface area (Å²) in [5.74, 6) is -1.32. The van der Waals surface area contributed by atoms with Crippen LogP contribution in [0.4, 0.5) is 18.9 Å². The normalized spacial score (nSPS) is 17.5. The lowest BCUT2D eigenvalue weighted by Gasteiger charge is -2.16. The average Bonchev–Trinajstić information content (AvgIpc) is 3.04. The lowest BCUT2D eigenvalue weighted by atomic mass is 10.1. The third kappa shape index (κ3) is 4.33. The number of nitrogens with zero attached hydrogens (tertiary/aromatic N) is 2. The summed E-state index contributed by atoms with van der Waals surface area (Å²) in [6, 6.07) is 13.9. The smallest absolute Gasteiger partial charge is 0.312 e. The Bertz CT molecular complexity index is 866. The third-order valence-corrected chi connectivity index (χ3v) is 4.21. The van der Waals surface area contributed by atoms with Crippen LogP contribution in [-0.2, 0) is 15.8 Å². The molecule has 0 aliphatic carbocycles. The Morgan fingerprint density at radius 1 is 1.11 bits per heavy atom. The second-order valence-corrected chi connectivity index (χ2v) is 6.06. The minimum absolute atomic E-state index is 0.0232. The van der Waals surface area contributed by atoms with Crippen molar-refractivity contribution in [2.45, 2.75) is 12.6 Å². The fourth-order valence-corrected chi connectivity index (χ4v) is 2.87. The summed E-state index contributed by atoms with van der Waals surface area (Å²) >= 11 is 0. The molecular weight excluding hydrogens is 359 g/mol. The molecule has 2 aromatic carbocycles. The molecule has 0 saturated carbocycles.